The molecule has 1 saturated heterocycles. The van der Waals surface area contributed by atoms with Gasteiger partial charge in [0.05, 0.1) is 4.90 Å². The largest absolute Gasteiger partial charge is 0.354 e. The van der Waals surface area contributed by atoms with Crippen LogP contribution in [0, 0.1) is 5.82 Å². The van der Waals surface area contributed by atoms with Crippen LogP contribution in [0.4, 0.5) is 10.2 Å². The first-order valence-electron chi connectivity index (χ1n) is 8.37. The summed E-state index contributed by atoms with van der Waals surface area (Å²) in [4.78, 5) is 10.6. The molecule has 1 aromatic carbocycles. The molecule has 0 N–H and O–H groups in total. The Balaban J connectivity index is 1.48. The molecule has 140 valence electrons. The summed E-state index contributed by atoms with van der Waals surface area (Å²) < 4.78 is 41.5. The minimum Gasteiger partial charge on any atom is -0.354 e. The fraction of sp³-hybridized carbons (Fsp3) is 0.235. The predicted molar refractivity (Wildman–Crippen MR) is 96.5 cm³/mol. The highest BCUT2D eigenvalue weighted by atomic mass is 32.2. The van der Waals surface area contributed by atoms with Crippen LogP contribution in [-0.2, 0) is 10.0 Å². The van der Waals surface area contributed by atoms with Crippen molar-refractivity contribution in [1.82, 2.24) is 24.1 Å². The molecular weight excluding hydrogens is 371 g/mol. The molecule has 1 aliphatic heterocycles. The number of nitrogens with zero attached hydrogens (tertiary/aromatic N) is 6. The summed E-state index contributed by atoms with van der Waals surface area (Å²) >= 11 is 0. The zero-order valence-electron chi connectivity index (χ0n) is 14.3. The van der Waals surface area contributed by atoms with Crippen LogP contribution in [0.25, 0.3) is 5.82 Å². The number of anilines is 1. The molecule has 0 radical (unpaired) electrons. The fourth-order valence-electron chi connectivity index (χ4n) is 2.95. The molecular formula is C17H17FN6O2S. The van der Waals surface area contributed by atoms with Gasteiger partial charge in [0.2, 0.25) is 10.0 Å². The number of sulfonamides is 1. The Morgan fingerprint density at radius 1 is 0.963 bits per heavy atom. The Morgan fingerprint density at radius 2 is 1.67 bits per heavy atom. The normalized spacial score (nSPS) is 15.8. The first-order chi connectivity index (χ1) is 13.0. The number of benzene rings is 1. The van der Waals surface area contributed by atoms with Gasteiger partial charge in [0.1, 0.15) is 18.0 Å². The molecule has 3 heterocycles. The van der Waals surface area contributed by atoms with E-state index in [4.69, 9.17) is 0 Å². The van der Waals surface area contributed by atoms with E-state index in [9.17, 15) is 12.8 Å². The third kappa shape index (κ3) is 3.53. The third-order valence-corrected chi connectivity index (χ3v) is 6.30. The number of hydrogen-bond donors (Lipinski definition) is 0. The van der Waals surface area contributed by atoms with Crippen molar-refractivity contribution in [2.24, 2.45) is 0 Å². The van der Waals surface area contributed by atoms with Gasteiger partial charge < -0.3 is 4.90 Å². The van der Waals surface area contributed by atoms with Crippen LogP contribution in [0.15, 0.2) is 60.0 Å². The zero-order chi connectivity index (χ0) is 18.9. The van der Waals surface area contributed by atoms with Gasteiger partial charge in [0.15, 0.2) is 5.82 Å². The highest BCUT2D eigenvalue weighted by molar-refractivity contribution is 7.89. The Kier molecular flexibility index (Phi) is 4.58. The molecule has 0 saturated carbocycles. The molecule has 0 spiro atoms. The minimum absolute atomic E-state index is 0.0976. The van der Waals surface area contributed by atoms with Crippen LogP contribution < -0.4 is 4.90 Å². The average molecular weight is 388 g/mol. The summed E-state index contributed by atoms with van der Waals surface area (Å²) in [5, 5.41) is 4.15. The maximum absolute atomic E-state index is 13.1. The number of halogens is 1. The van der Waals surface area contributed by atoms with Crippen molar-refractivity contribution in [3.8, 4) is 5.82 Å². The maximum Gasteiger partial charge on any atom is 0.243 e. The molecule has 27 heavy (non-hydrogen) atoms. The molecule has 0 unspecified atom stereocenters. The van der Waals surface area contributed by atoms with Gasteiger partial charge in [-0.25, -0.2) is 27.5 Å². The average Bonchev–Trinajstić information content (AvgIpc) is 3.23. The summed E-state index contributed by atoms with van der Waals surface area (Å²) in [7, 11) is -3.63. The number of hydrogen-bond acceptors (Lipinski definition) is 6. The summed E-state index contributed by atoms with van der Waals surface area (Å²) in [6.07, 6.45) is 4.92. The van der Waals surface area contributed by atoms with E-state index in [1.165, 1.54) is 22.8 Å². The van der Waals surface area contributed by atoms with Crippen LogP contribution in [0.2, 0.25) is 0 Å². The first-order valence-corrected chi connectivity index (χ1v) is 9.81. The highest BCUT2D eigenvalue weighted by Crippen LogP contribution is 2.21. The topological polar surface area (TPSA) is 84.2 Å². The lowest BCUT2D eigenvalue weighted by Crippen LogP contribution is -2.48. The van der Waals surface area contributed by atoms with E-state index in [1.807, 2.05) is 11.0 Å². The van der Waals surface area contributed by atoms with Crippen molar-refractivity contribution < 1.29 is 12.8 Å². The van der Waals surface area contributed by atoms with Crippen molar-refractivity contribution in [2.45, 2.75) is 4.90 Å². The van der Waals surface area contributed by atoms with E-state index in [0.717, 1.165) is 12.1 Å². The van der Waals surface area contributed by atoms with Gasteiger partial charge in [-0.2, -0.15) is 9.40 Å². The molecule has 8 nitrogen and oxygen atoms in total. The second-order valence-electron chi connectivity index (χ2n) is 6.03. The lowest BCUT2D eigenvalue weighted by Gasteiger charge is -2.34. The molecule has 2 aromatic heterocycles. The van der Waals surface area contributed by atoms with E-state index in [-0.39, 0.29) is 4.90 Å². The van der Waals surface area contributed by atoms with Gasteiger partial charge in [0.25, 0.3) is 0 Å². The van der Waals surface area contributed by atoms with Gasteiger partial charge >= 0.3 is 0 Å². The SMILES string of the molecule is O=S(=O)(c1ccc(F)cc1)N1CCN(c2cc(-n3cccn3)ncn2)CC1. The first kappa shape index (κ1) is 17.6. The van der Waals surface area contributed by atoms with E-state index >= 15 is 0 Å². The molecule has 0 atom stereocenters. The smallest absolute Gasteiger partial charge is 0.243 e. The number of rotatable bonds is 4. The van der Waals surface area contributed by atoms with E-state index in [1.54, 1.807) is 23.1 Å². The molecule has 0 amide bonds. The van der Waals surface area contributed by atoms with Crippen molar-refractivity contribution in [3.05, 3.63) is 60.9 Å². The second-order valence-corrected chi connectivity index (χ2v) is 7.97. The molecule has 1 aliphatic rings. The highest BCUT2D eigenvalue weighted by Gasteiger charge is 2.29. The second kappa shape index (κ2) is 7.05. The number of piperazine rings is 1. The molecule has 4 rings (SSSR count). The lowest BCUT2D eigenvalue weighted by atomic mass is 10.3. The lowest BCUT2D eigenvalue weighted by molar-refractivity contribution is 0.383. The van der Waals surface area contributed by atoms with Gasteiger partial charge in [-0.15, -0.1) is 0 Å². The zero-order valence-corrected chi connectivity index (χ0v) is 15.1. The molecule has 1 fully saturated rings. The van der Waals surface area contributed by atoms with Crippen LogP contribution in [0.5, 0.6) is 0 Å². The molecule has 3 aromatic rings. The Bertz CT molecular complexity index is 1020. The third-order valence-electron chi connectivity index (χ3n) is 4.39. The Morgan fingerprint density at radius 3 is 2.33 bits per heavy atom. The minimum atomic E-state index is -3.63. The van der Waals surface area contributed by atoms with Crippen LogP contribution in [0.3, 0.4) is 0 Å². The van der Waals surface area contributed by atoms with Gasteiger partial charge in [0, 0.05) is 44.6 Å². The predicted octanol–water partition coefficient (Wildman–Crippen LogP) is 1.31. The van der Waals surface area contributed by atoms with Gasteiger partial charge in [-0.1, -0.05) is 0 Å². The van der Waals surface area contributed by atoms with E-state index < -0.39 is 15.8 Å². The Labute approximate surface area is 155 Å². The van der Waals surface area contributed by atoms with Gasteiger partial charge in [-0.05, 0) is 30.3 Å². The summed E-state index contributed by atoms with van der Waals surface area (Å²) in [5.41, 5.74) is 0. The Hall–Kier alpha value is -2.85. The van der Waals surface area contributed by atoms with E-state index in [2.05, 4.69) is 15.1 Å². The van der Waals surface area contributed by atoms with Gasteiger partial charge in [-0.3, -0.25) is 0 Å². The summed E-state index contributed by atoms with van der Waals surface area (Å²) in [5.74, 6) is 0.899. The summed E-state index contributed by atoms with van der Waals surface area (Å²) in [6.45, 7) is 1.63. The summed E-state index contributed by atoms with van der Waals surface area (Å²) in [6, 6.07) is 8.51. The molecule has 0 bridgehead atoms. The van der Waals surface area contributed by atoms with E-state index in [0.29, 0.717) is 37.8 Å². The number of aromatic nitrogens is 4. The van der Waals surface area contributed by atoms with Crippen molar-refractivity contribution in [3.63, 3.8) is 0 Å². The monoisotopic (exact) mass is 388 g/mol. The quantitative estimate of drug-likeness (QED) is 0.670. The molecule has 0 aliphatic carbocycles. The van der Waals surface area contributed by atoms with Crippen LogP contribution >= 0.6 is 0 Å². The fourth-order valence-corrected chi connectivity index (χ4v) is 4.38. The van der Waals surface area contributed by atoms with Crippen molar-refractivity contribution in [1.29, 1.82) is 0 Å². The van der Waals surface area contributed by atoms with Crippen LogP contribution in [-0.4, -0.2) is 58.7 Å². The standard InChI is InChI=1S/C17H17FN6O2S/c18-14-2-4-15(5-3-14)27(25,26)23-10-8-22(9-11-23)16-12-17(20-13-19-16)24-7-1-6-21-24/h1-7,12-13H,8-11H2. The van der Waals surface area contributed by atoms with Crippen molar-refractivity contribution >= 4 is 15.8 Å². The van der Waals surface area contributed by atoms with Crippen molar-refractivity contribution in [2.75, 3.05) is 31.1 Å². The molecule has 10 heteroatoms. The van der Waals surface area contributed by atoms with Crippen LogP contribution in [0.1, 0.15) is 0 Å². The maximum atomic E-state index is 13.1.